The average molecular weight is 440 g/mol. The third kappa shape index (κ3) is 3.56. The molecule has 1 N–H and O–H groups in total. The van der Waals surface area contributed by atoms with Crippen molar-refractivity contribution in [3.8, 4) is 28.5 Å². The quantitative estimate of drug-likeness (QED) is 0.456. The fourth-order valence-corrected chi connectivity index (χ4v) is 3.93. The molecule has 164 valence electrons. The van der Waals surface area contributed by atoms with E-state index in [9.17, 15) is 4.79 Å². The van der Waals surface area contributed by atoms with Crippen LogP contribution >= 0.6 is 0 Å². The maximum absolute atomic E-state index is 12.9. The summed E-state index contributed by atoms with van der Waals surface area (Å²) >= 11 is 0. The van der Waals surface area contributed by atoms with Gasteiger partial charge in [-0.15, -0.1) is 5.10 Å². The van der Waals surface area contributed by atoms with E-state index in [1.54, 1.807) is 23.0 Å². The Morgan fingerprint density at radius 3 is 2.48 bits per heavy atom. The lowest BCUT2D eigenvalue weighted by atomic mass is 10.2. The van der Waals surface area contributed by atoms with Gasteiger partial charge in [0.05, 0.1) is 18.9 Å². The number of hydrogen-bond donors (Lipinski definition) is 1. The van der Waals surface area contributed by atoms with Crippen LogP contribution in [0.25, 0.3) is 34.2 Å². The molecule has 0 bridgehead atoms. The second-order valence-electron chi connectivity index (χ2n) is 7.66. The highest BCUT2D eigenvalue weighted by atomic mass is 16.5. The SMILES string of the molecule is O=c1cc(-c2ccccc2)[nH]n1-c1cc(N2CCOCC2)n2nc(-c3ccncc3)nc2n1. The zero-order chi connectivity index (χ0) is 22.2. The minimum Gasteiger partial charge on any atom is -0.378 e. The first kappa shape index (κ1) is 19.4. The molecular formula is C23H20N8O2. The lowest BCUT2D eigenvalue weighted by molar-refractivity contribution is 0.122. The number of aromatic nitrogens is 7. The second-order valence-corrected chi connectivity index (χ2v) is 7.66. The number of morpholine rings is 1. The van der Waals surface area contributed by atoms with Crippen LogP contribution in [-0.4, -0.2) is 60.6 Å². The van der Waals surface area contributed by atoms with Crippen molar-refractivity contribution in [3.05, 3.63) is 77.3 Å². The predicted molar refractivity (Wildman–Crippen MR) is 122 cm³/mol. The van der Waals surface area contributed by atoms with E-state index in [1.807, 2.05) is 48.5 Å². The molecule has 0 aliphatic carbocycles. The largest absolute Gasteiger partial charge is 0.378 e. The van der Waals surface area contributed by atoms with Gasteiger partial charge >= 0.3 is 0 Å². The number of H-pyrrole nitrogens is 1. The van der Waals surface area contributed by atoms with Crippen LogP contribution in [-0.2, 0) is 4.74 Å². The summed E-state index contributed by atoms with van der Waals surface area (Å²) in [6.45, 7) is 2.65. The molecule has 0 atom stereocenters. The number of nitrogens with zero attached hydrogens (tertiary/aromatic N) is 7. The maximum Gasteiger partial charge on any atom is 0.273 e. The molecule has 33 heavy (non-hydrogen) atoms. The van der Waals surface area contributed by atoms with E-state index < -0.39 is 0 Å². The molecule has 0 unspecified atom stereocenters. The molecule has 0 spiro atoms. The highest BCUT2D eigenvalue weighted by Crippen LogP contribution is 2.23. The van der Waals surface area contributed by atoms with Crippen LogP contribution in [0.2, 0.25) is 0 Å². The maximum atomic E-state index is 12.9. The van der Waals surface area contributed by atoms with E-state index in [2.05, 4.69) is 25.0 Å². The van der Waals surface area contributed by atoms with E-state index in [0.717, 1.165) is 16.9 Å². The van der Waals surface area contributed by atoms with Crippen molar-refractivity contribution in [1.82, 2.24) is 34.3 Å². The molecule has 5 heterocycles. The number of fused-ring (bicyclic) bond motifs is 1. The summed E-state index contributed by atoms with van der Waals surface area (Å²) in [5.41, 5.74) is 2.28. The molecule has 1 fully saturated rings. The second kappa shape index (κ2) is 7.99. The molecule has 1 aromatic carbocycles. The van der Waals surface area contributed by atoms with Crippen LogP contribution in [0, 0.1) is 0 Å². The molecule has 10 heteroatoms. The zero-order valence-electron chi connectivity index (χ0n) is 17.6. The molecule has 10 nitrogen and oxygen atoms in total. The first-order chi connectivity index (χ1) is 16.3. The van der Waals surface area contributed by atoms with Crippen molar-refractivity contribution in [2.75, 3.05) is 31.2 Å². The summed E-state index contributed by atoms with van der Waals surface area (Å²) in [5, 5.41) is 7.88. The van der Waals surface area contributed by atoms with E-state index in [4.69, 9.17) is 9.84 Å². The van der Waals surface area contributed by atoms with Crippen molar-refractivity contribution >= 4 is 11.6 Å². The third-order valence-corrected chi connectivity index (χ3v) is 5.59. The van der Waals surface area contributed by atoms with E-state index in [-0.39, 0.29) is 5.56 Å². The summed E-state index contributed by atoms with van der Waals surface area (Å²) in [4.78, 5) is 28.4. The Balaban J connectivity index is 1.51. The number of pyridine rings is 1. The van der Waals surface area contributed by atoms with Crippen molar-refractivity contribution in [3.63, 3.8) is 0 Å². The predicted octanol–water partition coefficient (Wildman–Crippen LogP) is 2.17. The lowest BCUT2D eigenvalue weighted by Crippen LogP contribution is -2.37. The van der Waals surface area contributed by atoms with Gasteiger partial charge in [0.1, 0.15) is 5.82 Å². The van der Waals surface area contributed by atoms with Gasteiger partial charge in [-0.25, -0.2) is 4.68 Å². The molecule has 6 rings (SSSR count). The van der Waals surface area contributed by atoms with Gasteiger partial charge in [0.2, 0.25) is 0 Å². The Morgan fingerprint density at radius 2 is 1.70 bits per heavy atom. The Kier molecular flexibility index (Phi) is 4.69. The number of nitrogens with one attached hydrogen (secondary N) is 1. The third-order valence-electron chi connectivity index (χ3n) is 5.59. The fourth-order valence-electron chi connectivity index (χ4n) is 3.93. The van der Waals surface area contributed by atoms with Crippen LogP contribution in [0.4, 0.5) is 5.82 Å². The average Bonchev–Trinajstić information content (AvgIpc) is 3.49. The first-order valence-corrected chi connectivity index (χ1v) is 10.6. The Labute approximate surface area is 188 Å². The lowest BCUT2D eigenvalue weighted by Gasteiger charge is -2.28. The van der Waals surface area contributed by atoms with Gasteiger partial charge in [-0.3, -0.25) is 14.9 Å². The molecule has 1 aliphatic rings. The zero-order valence-corrected chi connectivity index (χ0v) is 17.6. The minimum atomic E-state index is -0.201. The smallest absolute Gasteiger partial charge is 0.273 e. The number of aromatic amines is 1. The number of anilines is 1. The van der Waals surface area contributed by atoms with Gasteiger partial charge in [0, 0.05) is 43.2 Å². The van der Waals surface area contributed by atoms with Crippen LogP contribution in [0.15, 0.2) is 71.8 Å². The summed E-state index contributed by atoms with van der Waals surface area (Å²) in [6.07, 6.45) is 3.40. The topological polar surface area (TPSA) is 106 Å². The van der Waals surface area contributed by atoms with Crippen molar-refractivity contribution in [1.29, 1.82) is 0 Å². The van der Waals surface area contributed by atoms with Crippen molar-refractivity contribution < 1.29 is 4.74 Å². The summed E-state index contributed by atoms with van der Waals surface area (Å²) in [7, 11) is 0. The van der Waals surface area contributed by atoms with Gasteiger partial charge in [-0.1, -0.05) is 30.3 Å². The van der Waals surface area contributed by atoms with Crippen LogP contribution in [0.3, 0.4) is 0 Å². The van der Waals surface area contributed by atoms with Gasteiger partial charge in [-0.2, -0.15) is 14.5 Å². The van der Waals surface area contributed by atoms with Crippen LogP contribution in [0.5, 0.6) is 0 Å². The molecule has 4 aromatic heterocycles. The van der Waals surface area contributed by atoms with E-state index in [0.29, 0.717) is 49.4 Å². The Hall–Kier alpha value is -4.31. The van der Waals surface area contributed by atoms with Gasteiger partial charge in [-0.05, 0) is 17.7 Å². The van der Waals surface area contributed by atoms with Crippen molar-refractivity contribution in [2.45, 2.75) is 0 Å². The van der Waals surface area contributed by atoms with Gasteiger partial charge < -0.3 is 9.64 Å². The number of rotatable bonds is 4. The van der Waals surface area contributed by atoms with Crippen LogP contribution in [0.1, 0.15) is 0 Å². The van der Waals surface area contributed by atoms with Gasteiger partial charge in [0.25, 0.3) is 11.3 Å². The fraction of sp³-hybridized carbons (Fsp3) is 0.174. The molecule has 5 aromatic rings. The number of benzene rings is 1. The Bertz CT molecular complexity index is 1470. The molecule has 0 saturated carbocycles. The highest BCUT2D eigenvalue weighted by Gasteiger charge is 2.20. The summed E-state index contributed by atoms with van der Waals surface area (Å²) in [6, 6.07) is 16.8. The van der Waals surface area contributed by atoms with Gasteiger partial charge in [0.15, 0.2) is 11.6 Å². The number of ether oxygens (including phenoxy) is 1. The highest BCUT2D eigenvalue weighted by molar-refractivity contribution is 5.61. The molecule has 1 saturated heterocycles. The monoisotopic (exact) mass is 440 g/mol. The standard InChI is InChI=1S/C23H20N8O2/c32-21-14-18(16-4-2-1-3-5-16)27-30(21)19-15-20(29-10-12-33-13-11-29)31-23(25-19)26-22(28-31)17-6-8-24-9-7-17/h1-9,14-15,27H,10-13H2. The van der Waals surface area contributed by atoms with Crippen molar-refractivity contribution in [2.24, 2.45) is 0 Å². The summed E-state index contributed by atoms with van der Waals surface area (Å²) < 4.78 is 8.68. The van der Waals surface area contributed by atoms with E-state index in [1.165, 1.54) is 4.68 Å². The normalized spacial score (nSPS) is 14.1. The Morgan fingerprint density at radius 1 is 0.909 bits per heavy atom. The first-order valence-electron chi connectivity index (χ1n) is 10.6. The number of hydrogen-bond acceptors (Lipinski definition) is 7. The van der Waals surface area contributed by atoms with Crippen LogP contribution < -0.4 is 10.5 Å². The molecule has 1 aliphatic heterocycles. The van der Waals surface area contributed by atoms with E-state index >= 15 is 0 Å². The summed E-state index contributed by atoms with van der Waals surface area (Å²) in [5.74, 6) is 2.20. The molecular weight excluding hydrogens is 420 g/mol. The molecule has 0 amide bonds. The minimum absolute atomic E-state index is 0.201. The molecule has 0 radical (unpaired) electrons.